The second-order valence-electron chi connectivity index (χ2n) is 3.46. The fourth-order valence-corrected chi connectivity index (χ4v) is 1.51. The molecule has 1 aromatic rings. The predicted molar refractivity (Wildman–Crippen MR) is 51.7 cm³/mol. The van der Waals surface area contributed by atoms with Gasteiger partial charge < -0.3 is 10.6 Å². The lowest BCUT2D eigenvalue weighted by atomic mass is 10.3. The van der Waals surface area contributed by atoms with Crippen molar-refractivity contribution >= 4 is 11.6 Å². The zero-order chi connectivity index (χ0) is 10.1. The third-order valence-electron chi connectivity index (χ3n) is 2.23. The van der Waals surface area contributed by atoms with E-state index in [0.717, 1.165) is 5.69 Å². The van der Waals surface area contributed by atoms with E-state index in [0.29, 0.717) is 18.8 Å². The number of nitrogens with zero attached hydrogens (tertiary/aromatic N) is 3. The van der Waals surface area contributed by atoms with Crippen molar-refractivity contribution in [2.24, 2.45) is 5.73 Å². The zero-order valence-electron chi connectivity index (χ0n) is 7.97. The van der Waals surface area contributed by atoms with E-state index in [1.807, 2.05) is 0 Å². The Morgan fingerprint density at radius 1 is 1.50 bits per heavy atom. The van der Waals surface area contributed by atoms with Gasteiger partial charge in [0.15, 0.2) is 0 Å². The Morgan fingerprint density at radius 2 is 2.14 bits per heavy atom. The first-order chi connectivity index (χ1) is 6.66. The van der Waals surface area contributed by atoms with Gasteiger partial charge >= 0.3 is 0 Å². The molecule has 0 aromatic carbocycles. The summed E-state index contributed by atoms with van der Waals surface area (Å²) < 4.78 is 0. The number of amides is 1. The molecule has 2 heterocycles. The summed E-state index contributed by atoms with van der Waals surface area (Å²) >= 11 is 0. The van der Waals surface area contributed by atoms with Crippen LogP contribution in [0.2, 0.25) is 0 Å². The van der Waals surface area contributed by atoms with Crippen LogP contribution in [0.3, 0.4) is 0 Å². The highest BCUT2D eigenvalue weighted by molar-refractivity contribution is 5.95. The molecule has 1 aliphatic heterocycles. The lowest BCUT2D eigenvalue weighted by Gasteiger charge is -2.14. The molecule has 1 saturated heterocycles. The van der Waals surface area contributed by atoms with Crippen LogP contribution in [-0.2, 0) is 4.79 Å². The van der Waals surface area contributed by atoms with Gasteiger partial charge in [0.25, 0.3) is 0 Å². The van der Waals surface area contributed by atoms with Crippen LogP contribution in [0.25, 0.3) is 0 Å². The maximum Gasteiger partial charge on any atom is 0.228 e. The van der Waals surface area contributed by atoms with Gasteiger partial charge in [0.1, 0.15) is 5.82 Å². The van der Waals surface area contributed by atoms with Crippen LogP contribution in [0.4, 0.5) is 5.69 Å². The largest absolute Gasteiger partial charge is 0.326 e. The minimum absolute atomic E-state index is 0.0463. The normalized spacial score (nSPS) is 21.7. The van der Waals surface area contributed by atoms with Gasteiger partial charge in [0.05, 0.1) is 18.1 Å². The van der Waals surface area contributed by atoms with E-state index >= 15 is 0 Å². The average molecular weight is 192 g/mol. The Bertz CT molecular complexity index is 348. The standard InChI is InChI=1S/C9H12N4O/c1-6-11-3-8(4-12-6)13-5-7(10)2-9(13)14/h3-4,7H,2,5,10H2,1H3. The summed E-state index contributed by atoms with van der Waals surface area (Å²) in [6.07, 6.45) is 3.71. The van der Waals surface area contributed by atoms with E-state index in [2.05, 4.69) is 9.97 Å². The quantitative estimate of drug-likeness (QED) is 0.671. The molecule has 1 fully saturated rings. The second kappa shape index (κ2) is 3.34. The van der Waals surface area contributed by atoms with Crippen molar-refractivity contribution in [1.82, 2.24) is 9.97 Å². The van der Waals surface area contributed by atoms with E-state index in [-0.39, 0.29) is 11.9 Å². The van der Waals surface area contributed by atoms with Crippen molar-refractivity contribution in [3.05, 3.63) is 18.2 Å². The van der Waals surface area contributed by atoms with E-state index in [9.17, 15) is 4.79 Å². The van der Waals surface area contributed by atoms with Crippen LogP contribution in [-0.4, -0.2) is 28.5 Å². The Morgan fingerprint density at radius 3 is 2.64 bits per heavy atom. The molecular weight excluding hydrogens is 180 g/mol. The number of carbonyl (C=O) groups is 1. The average Bonchev–Trinajstić information content (AvgIpc) is 2.47. The van der Waals surface area contributed by atoms with E-state index < -0.39 is 0 Å². The summed E-state index contributed by atoms with van der Waals surface area (Å²) in [6.45, 7) is 2.37. The fraction of sp³-hybridized carbons (Fsp3) is 0.444. The molecule has 1 aliphatic rings. The number of aryl methyl sites for hydroxylation is 1. The zero-order valence-corrected chi connectivity index (χ0v) is 7.97. The third-order valence-corrected chi connectivity index (χ3v) is 2.23. The van der Waals surface area contributed by atoms with E-state index in [4.69, 9.17) is 5.73 Å². The van der Waals surface area contributed by atoms with Crippen molar-refractivity contribution < 1.29 is 4.79 Å². The third kappa shape index (κ3) is 1.58. The Kier molecular flexibility index (Phi) is 2.17. The second-order valence-corrected chi connectivity index (χ2v) is 3.46. The van der Waals surface area contributed by atoms with Crippen molar-refractivity contribution in [1.29, 1.82) is 0 Å². The molecule has 2 N–H and O–H groups in total. The number of carbonyl (C=O) groups excluding carboxylic acids is 1. The molecule has 0 bridgehead atoms. The predicted octanol–water partition coefficient (Wildman–Crippen LogP) is -0.151. The highest BCUT2D eigenvalue weighted by atomic mass is 16.2. The number of hydrogen-bond donors (Lipinski definition) is 1. The maximum atomic E-state index is 11.5. The van der Waals surface area contributed by atoms with Crippen molar-refractivity contribution in [2.45, 2.75) is 19.4 Å². The first kappa shape index (κ1) is 9.08. The monoisotopic (exact) mass is 192 g/mol. The number of rotatable bonds is 1. The van der Waals surface area contributed by atoms with E-state index in [1.165, 1.54) is 0 Å². The van der Waals surface area contributed by atoms with Gasteiger partial charge in [0.2, 0.25) is 5.91 Å². The highest BCUT2D eigenvalue weighted by Gasteiger charge is 2.28. The smallest absolute Gasteiger partial charge is 0.228 e. The van der Waals surface area contributed by atoms with Gasteiger partial charge in [-0.25, -0.2) is 9.97 Å². The number of anilines is 1. The Labute approximate surface area is 82.0 Å². The topological polar surface area (TPSA) is 72.1 Å². The number of nitrogens with two attached hydrogens (primary N) is 1. The summed E-state index contributed by atoms with van der Waals surface area (Å²) in [7, 11) is 0. The van der Waals surface area contributed by atoms with Gasteiger partial charge in [-0.05, 0) is 6.92 Å². The molecule has 0 spiro atoms. The molecular formula is C9H12N4O. The summed E-state index contributed by atoms with van der Waals surface area (Å²) in [4.78, 5) is 21.2. The van der Waals surface area contributed by atoms with Gasteiger partial charge in [0, 0.05) is 19.0 Å². The van der Waals surface area contributed by atoms with Crippen LogP contribution in [0.1, 0.15) is 12.2 Å². The van der Waals surface area contributed by atoms with Crippen molar-refractivity contribution in [3.63, 3.8) is 0 Å². The molecule has 1 amide bonds. The minimum Gasteiger partial charge on any atom is -0.326 e. The molecule has 0 radical (unpaired) electrons. The molecule has 5 nitrogen and oxygen atoms in total. The molecule has 1 aromatic heterocycles. The van der Waals surface area contributed by atoms with Gasteiger partial charge in [-0.1, -0.05) is 0 Å². The van der Waals surface area contributed by atoms with Crippen LogP contribution in [0, 0.1) is 6.92 Å². The van der Waals surface area contributed by atoms with Crippen LogP contribution < -0.4 is 10.6 Å². The van der Waals surface area contributed by atoms with Crippen LogP contribution >= 0.6 is 0 Å². The first-order valence-corrected chi connectivity index (χ1v) is 4.51. The molecule has 14 heavy (non-hydrogen) atoms. The highest BCUT2D eigenvalue weighted by Crippen LogP contribution is 2.18. The molecule has 74 valence electrons. The number of aromatic nitrogens is 2. The van der Waals surface area contributed by atoms with E-state index in [1.54, 1.807) is 24.2 Å². The van der Waals surface area contributed by atoms with Gasteiger partial charge in [-0.3, -0.25) is 4.79 Å². The van der Waals surface area contributed by atoms with Gasteiger partial charge in [-0.15, -0.1) is 0 Å². The number of hydrogen-bond acceptors (Lipinski definition) is 4. The Hall–Kier alpha value is -1.49. The van der Waals surface area contributed by atoms with Crippen LogP contribution in [0.15, 0.2) is 12.4 Å². The summed E-state index contributed by atoms with van der Waals surface area (Å²) in [5, 5.41) is 0. The molecule has 1 unspecified atom stereocenters. The molecule has 0 aliphatic carbocycles. The van der Waals surface area contributed by atoms with Crippen molar-refractivity contribution in [3.8, 4) is 0 Å². The SMILES string of the molecule is Cc1ncc(N2CC(N)CC2=O)cn1. The van der Waals surface area contributed by atoms with Gasteiger partial charge in [-0.2, -0.15) is 0 Å². The summed E-state index contributed by atoms with van der Waals surface area (Å²) in [5.41, 5.74) is 6.41. The molecule has 1 atom stereocenters. The summed E-state index contributed by atoms with van der Waals surface area (Å²) in [5.74, 6) is 0.745. The van der Waals surface area contributed by atoms with Crippen LogP contribution in [0.5, 0.6) is 0 Å². The maximum absolute atomic E-state index is 11.5. The lowest BCUT2D eigenvalue weighted by molar-refractivity contribution is -0.117. The minimum atomic E-state index is -0.0659. The lowest BCUT2D eigenvalue weighted by Crippen LogP contribution is -2.28. The summed E-state index contributed by atoms with van der Waals surface area (Å²) in [6, 6.07) is -0.0659. The van der Waals surface area contributed by atoms with Crippen molar-refractivity contribution in [2.75, 3.05) is 11.4 Å². The molecule has 5 heteroatoms. The molecule has 2 rings (SSSR count). The molecule has 0 saturated carbocycles. The first-order valence-electron chi connectivity index (χ1n) is 4.51. The Balaban J connectivity index is 2.23. The fourth-order valence-electron chi connectivity index (χ4n) is 1.51.